The van der Waals surface area contributed by atoms with Gasteiger partial charge in [-0.2, -0.15) is 13.2 Å². The molecule has 0 aliphatic carbocycles. The summed E-state index contributed by atoms with van der Waals surface area (Å²) in [4.78, 5) is 66.4. The van der Waals surface area contributed by atoms with Crippen molar-refractivity contribution in [2.24, 2.45) is 5.92 Å². The number of alkyl halides is 3. The molecule has 3 amide bonds. The average Bonchev–Trinajstić information content (AvgIpc) is 3.47. The molecule has 1 N–H and O–H groups in total. The first kappa shape index (κ1) is 32.2. The first-order valence-electron chi connectivity index (χ1n) is 14.2. The van der Waals surface area contributed by atoms with Crippen LogP contribution in [-0.2, 0) is 31.8 Å². The molecule has 3 heterocycles. The number of carbonyl (C=O) groups is 4. The lowest BCUT2D eigenvalue weighted by Gasteiger charge is -2.30. The molecule has 1 fully saturated rings. The number of benzene rings is 3. The van der Waals surface area contributed by atoms with Crippen LogP contribution in [-0.4, -0.2) is 40.1 Å². The van der Waals surface area contributed by atoms with Crippen molar-refractivity contribution in [2.75, 3.05) is 16.8 Å². The van der Waals surface area contributed by atoms with Gasteiger partial charge >= 0.3 is 17.0 Å². The molecule has 242 valence electrons. The number of ether oxygens (including phenoxy) is 1. The summed E-state index contributed by atoms with van der Waals surface area (Å²) >= 11 is 1.57. The van der Waals surface area contributed by atoms with Gasteiger partial charge < -0.3 is 10.1 Å². The van der Waals surface area contributed by atoms with E-state index in [4.69, 9.17) is 4.74 Å². The fraction of sp³-hybridized carbons (Fsp3) is 0.219. The van der Waals surface area contributed by atoms with Gasteiger partial charge in [-0.1, -0.05) is 47.4 Å². The van der Waals surface area contributed by atoms with Crippen LogP contribution in [0.4, 0.5) is 28.9 Å². The number of hydrogen-bond donors (Lipinski definition) is 1. The Bertz CT molecular complexity index is 1960. The predicted octanol–water partition coefficient (Wildman–Crippen LogP) is 5.68. The molecule has 3 atom stereocenters. The number of aromatic nitrogens is 1. The molecule has 0 saturated carbocycles. The predicted molar refractivity (Wildman–Crippen MR) is 165 cm³/mol. The minimum absolute atomic E-state index is 0.192. The number of carbonyl (C=O) groups excluding carboxylic acids is 4. The molecule has 6 rings (SSSR count). The number of rotatable bonds is 7. The van der Waals surface area contributed by atoms with E-state index in [1.54, 1.807) is 6.92 Å². The third-order valence-electron chi connectivity index (χ3n) is 7.71. The van der Waals surface area contributed by atoms with Gasteiger partial charge in [-0.25, -0.2) is 14.1 Å². The van der Waals surface area contributed by atoms with E-state index in [-0.39, 0.29) is 17.2 Å². The van der Waals surface area contributed by atoms with E-state index in [1.165, 1.54) is 42.5 Å². The van der Waals surface area contributed by atoms with Crippen molar-refractivity contribution in [1.82, 2.24) is 4.57 Å². The zero-order valence-corrected chi connectivity index (χ0v) is 25.9. The smallest absolute Gasteiger partial charge is 0.418 e. The Kier molecular flexibility index (Phi) is 8.53. The maximum absolute atomic E-state index is 13.9. The maximum Gasteiger partial charge on any atom is 0.418 e. The maximum atomic E-state index is 13.9. The average molecular weight is 686 g/mol. The Hall–Kier alpha value is -4.76. The van der Waals surface area contributed by atoms with E-state index >= 15 is 0 Å². The Balaban J connectivity index is 1.36. The van der Waals surface area contributed by atoms with Crippen molar-refractivity contribution in [2.45, 2.75) is 35.8 Å². The van der Waals surface area contributed by atoms with Crippen LogP contribution in [0.15, 0.2) is 82.6 Å². The molecule has 9 nitrogen and oxygen atoms in total. The molecule has 2 aliphatic rings. The van der Waals surface area contributed by atoms with E-state index in [0.29, 0.717) is 21.0 Å². The number of esters is 1. The van der Waals surface area contributed by atoms with Crippen LogP contribution < -0.4 is 15.1 Å². The first-order chi connectivity index (χ1) is 22.4. The van der Waals surface area contributed by atoms with Gasteiger partial charge in [0.1, 0.15) is 17.6 Å². The lowest BCUT2D eigenvalue weighted by Crippen LogP contribution is -2.33. The number of thiazole rings is 1. The lowest BCUT2D eigenvalue weighted by atomic mass is 9.83. The number of para-hydroxylation sites is 1. The van der Waals surface area contributed by atoms with Crippen LogP contribution in [0.25, 0.3) is 0 Å². The van der Waals surface area contributed by atoms with E-state index in [0.717, 1.165) is 58.0 Å². The summed E-state index contributed by atoms with van der Waals surface area (Å²) in [5, 5.41) is 1.60. The molecule has 47 heavy (non-hydrogen) atoms. The summed E-state index contributed by atoms with van der Waals surface area (Å²) < 4.78 is 61.9. The van der Waals surface area contributed by atoms with Crippen molar-refractivity contribution in [3.63, 3.8) is 0 Å². The van der Waals surface area contributed by atoms with Crippen LogP contribution in [0.3, 0.4) is 0 Å². The number of nitrogens with zero attached hydrogens (tertiary/aromatic N) is 2. The van der Waals surface area contributed by atoms with Crippen molar-refractivity contribution >= 4 is 58.2 Å². The van der Waals surface area contributed by atoms with Gasteiger partial charge in [-0.05, 0) is 61.0 Å². The minimum atomic E-state index is -4.86. The van der Waals surface area contributed by atoms with E-state index in [1.807, 2.05) is 0 Å². The van der Waals surface area contributed by atoms with Gasteiger partial charge in [-0.3, -0.25) is 23.7 Å². The molecule has 0 radical (unpaired) electrons. The quantitative estimate of drug-likeness (QED) is 0.151. The van der Waals surface area contributed by atoms with Crippen LogP contribution >= 0.6 is 23.1 Å². The highest BCUT2D eigenvalue weighted by molar-refractivity contribution is 8.00. The highest BCUT2D eigenvalue weighted by Crippen LogP contribution is 2.54. The molecule has 0 spiro atoms. The topological polar surface area (TPSA) is 115 Å². The second-order valence-corrected chi connectivity index (χ2v) is 12.7. The molecule has 2 aliphatic heterocycles. The monoisotopic (exact) mass is 685 g/mol. The zero-order valence-electron chi connectivity index (χ0n) is 24.2. The van der Waals surface area contributed by atoms with Gasteiger partial charge in [0.15, 0.2) is 0 Å². The second-order valence-electron chi connectivity index (χ2n) is 10.6. The fourth-order valence-electron chi connectivity index (χ4n) is 5.68. The van der Waals surface area contributed by atoms with Crippen molar-refractivity contribution in [3.05, 3.63) is 110 Å². The Morgan fingerprint density at radius 1 is 0.936 bits per heavy atom. The molecule has 15 heteroatoms. The normalized spacial score (nSPS) is 18.9. The van der Waals surface area contributed by atoms with E-state index < -0.39 is 75.4 Å². The van der Waals surface area contributed by atoms with Crippen molar-refractivity contribution in [1.29, 1.82) is 0 Å². The molecule has 1 saturated heterocycles. The molecule has 1 aromatic heterocycles. The highest BCUT2D eigenvalue weighted by Gasteiger charge is 2.57. The number of anilines is 2. The van der Waals surface area contributed by atoms with Gasteiger partial charge in [-0.15, -0.1) is 0 Å². The summed E-state index contributed by atoms with van der Waals surface area (Å²) in [5.41, 5.74) is -0.810. The van der Waals surface area contributed by atoms with Gasteiger partial charge in [0.2, 0.25) is 17.7 Å². The highest BCUT2D eigenvalue weighted by atomic mass is 32.2. The number of imide groups is 1. The van der Waals surface area contributed by atoms with E-state index in [9.17, 15) is 41.5 Å². The number of amides is 3. The molecular weight excluding hydrogens is 662 g/mol. The minimum Gasteiger partial charge on any atom is -0.462 e. The van der Waals surface area contributed by atoms with Crippen molar-refractivity contribution in [3.8, 4) is 0 Å². The number of fused-ring (bicyclic) bond motifs is 2. The standard InChI is InChI=1S/C32H23F4N3O6S2/c1-2-45-30(43)17-9-13-19(14-10-17)37-22(40)15-38-29-26(47-31(38)44)23(16-7-11-18(33)12-8-16)24-25(46-29)28(42)39(27(24)41)21-6-4-3-5-20(21)32(34,35)36/h3-14,23-25H,2,15H2,1H3,(H,37,40). The number of hydrogen-bond acceptors (Lipinski definition) is 8. The Morgan fingerprint density at radius 2 is 1.62 bits per heavy atom. The molecular formula is C32H23F4N3O6S2. The molecule has 3 unspecified atom stereocenters. The lowest BCUT2D eigenvalue weighted by molar-refractivity contribution is -0.137. The third-order valence-corrected chi connectivity index (χ3v) is 10.3. The summed E-state index contributed by atoms with van der Waals surface area (Å²) in [6.07, 6.45) is -4.86. The summed E-state index contributed by atoms with van der Waals surface area (Å²) in [7, 11) is 0. The van der Waals surface area contributed by atoms with Crippen LogP contribution in [0.1, 0.15) is 39.2 Å². The summed E-state index contributed by atoms with van der Waals surface area (Å²) in [6.45, 7) is 1.37. The number of nitrogens with one attached hydrogen (secondary N) is 1. The number of halogens is 4. The largest absolute Gasteiger partial charge is 0.462 e. The Morgan fingerprint density at radius 3 is 2.28 bits per heavy atom. The Labute approximate surface area is 272 Å². The SMILES string of the molecule is CCOC(=O)c1ccc(NC(=O)Cn2c3c(sc2=O)C(c2ccc(F)cc2)C2C(=O)N(c4ccccc4C(F)(F)F)C(=O)C2S3)cc1. The molecule has 3 aromatic carbocycles. The van der Waals surface area contributed by atoms with E-state index in [2.05, 4.69) is 5.32 Å². The van der Waals surface area contributed by atoms with Gasteiger partial charge in [0, 0.05) is 16.5 Å². The van der Waals surface area contributed by atoms with Gasteiger partial charge in [0.25, 0.3) is 0 Å². The van der Waals surface area contributed by atoms with Crippen molar-refractivity contribution < 1.29 is 41.5 Å². The van der Waals surface area contributed by atoms with Crippen LogP contribution in [0.2, 0.25) is 0 Å². The second kappa shape index (κ2) is 12.4. The van der Waals surface area contributed by atoms with Crippen LogP contribution in [0.5, 0.6) is 0 Å². The fourth-order valence-corrected chi connectivity index (χ4v) is 8.45. The summed E-state index contributed by atoms with van der Waals surface area (Å²) in [5.74, 6) is -5.74. The summed E-state index contributed by atoms with van der Waals surface area (Å²) in [6, 6.07) is 15.2. The zero-order chi connectivity index (χ0) is 33.6. The van der Waals surface area contributed by atoms with Crippen LogP contribution in [0, 0.1) is 11.7 Å². The first-order valence-corrected chi connectivity index (χ1v) is 15.8. The molecule has 4 aromatic rings. The van der Waals surface area contributed by atoms with Gasteiger partial charge in [0.05, 0.1) is 34.4 Å². The third kappa shape index (κ3) is 5.96. The molecule has 0 bridgehead atoms. The number of thioether (sulfide) groups is 1.